The molecule has 0 aromatic heterocycles. The van der Waals surface area contributed by atoms with Crippen LogP contribution in [0.25, 0.3) is 0 Å². The fraction of sp³-hybridized carbons (Fsp3) is 0.842. The molecule has 4 aliphatic rings. The molecule has 4 aliphatic carbocycles. The largest absolute Gasteiger partial charge is 0.452 e. The molecule has 3 N–H and O–H groups in total. The molecule has 7 heteroatoms. The van der Waals surface area contributed by atoms with Gasteiger partial charge in [0.2, 0.25) is 0 Å². The number of hydrogen-bond acceptors (Lipinski definition) is 5. The highest BCUT2D eigenvalue weighted by Crippen LogP contribution is 2.62. The van der Waals surface area contributed by atoms with Gasteiger partial charge in [-0.2, -0.15) is 0 Å². The van der Waals surface area contributed by atoms with Gasteiger partial charge in [-0.25, -0.2) is 4.79 Å². The van der Waals surface area contributed by atoms with Crippen LogP contribution >= 0.6 is 0 Å². The van der Waals surface area contributed by atoms with E-state index in [0.717, 1.165) is 32.1 Å². The maximum atomic E-state index is 12.9. The normalized spacial score (nSPS) is 36.3. The molecule has 4 saturated carbocycles. The summed E-state index contributed by atoms with van der Waals surface area (Å²) >= 11 is 0. The molecule has 0 saturated heterocycles. The molecule has 0 radical (unpaired) electrons. The van der Waals surface area contributed by atoms with E-state index >= 15 is 0 Å². The number of carbonyl (C=O) groups excluding carboxylic acids is 3. The van der Waals surface area contributed by atoms with Crippen molar-refractivity contribution in [2.24, 2.45) is 17.3 Å². The molecule has 0 unspecified atom stereocenters. The molecular formula is C19H30N2O5. The van der Waals surface area contributed by atoms with Crippen molar-refractivity contribution in [3.63, 3.8) is 0 Å². The molecular weight excluding hydrogens is 336 g/mol. The van der Waals surface area contributed by atoms with E-state index in [4.69, 9.17) is 4.74 Å². The smallest absolute Gasteiger partial charge is 0.321 e. The third-order valence-corrected chi connectivity index (χ3v) is 5.84. The first kappa shape index (κ1) is 19.1. The highest BCUT2D eigenvalue weighted by atomic mass is 16.5. The van der Waals surface area contributed by atoms with E-state index in [9.17, 15) is 19.5 Å². The third kappa shape index (κ3) is 3.87. The predicted octanol–water partition coefficient (Wildman–Crippen LogP) is 1.87. The van der Waals surface area contributed by atoms with E-state index in [1.54, 1.807) is 20.8 Å². The number of rotatable bonds is 3. The quantitative estimate of drug-likeness (QED) is 0.662. The van der Waals surface area contributed by atoms with Gasteiger partial charge in [-0.3, -0.25) is 14.9 Å². The van der Waals surface area contributed by atoms with Crippen LogP contribution < -0.4 is 10.6 Å². The maximum Gasteiger partial charge on any atom is 0.321 e. The van der Waals surface area contributed by atoms with E-state index in [1.807, 2.05) is 0 Å². The van der Waals surface area contributed by atoms with Crippen molar-refractivity contribution in [3.8, 4) is 0 Å². The van der Waals surface area contributed by atoms with Gasteiger partial charge in [0.25, 0.3) is 5.91 Å². The highest BCUT2D eigenvalue weighted by molar-refractivity contribution is 5.97. The Morgan fingerprint density at radius 1 is 1.12 bits per heavy atom. The van der Waals surface area contributed by atoms with Crippen molar-refractivity contribution < 1.29 is 24.2 Å². The van der Waals surface area contributed by atoms with E-state index in [-0.39, 0.29) is 0 Å². The van der Waals surface area contributed by atoms with E-state index in [0.29, 0.717) is 18.3 Å². The number of amides is 3. The predicted molar refractivity (Wildman–Crippen MR) is 94.0 cm³/mol. The molecule has 4 bridgehead atoms. The van der Waals surface area contributed by atoms with Crippen molar-refractivity contribution in [2.75, 3.05) is 0 Å². The van der Waals surface area contributed by atoms with Crippen LogP contribution in [-0.2, 0) is 14.3 Å². The Balaban J connectivity index is 1.59. The Morgan fingerprint density at radius 3 is 2.19 bits per heavy atom. The Hall–Kier alpha value is -1.63. The van der Waals surface area contributed by atoms with Crippen molar-refractivity contribution in [1.82, 2.24) is 10.6 Å². The summed E-state index contributed by atoms with van der Waals surface area (Å²) in [5.41, 5.74) is -1.92. The van der Waals surface area contributed by atoms with Gasteiger partial charge in [0, 0.05) is 5.54 Å². The Labute approximate surface area is 154 Å². The van der Waals surface area contributed by atoms with Crippen LogP contribution in [0.4, 0.5) is 4.79 Å². The second-order valence-corrected chi connectivity index (χ2v) is 9.71. The summed E-state index contributed by atoms with van der Waals surface area (Å²) in [6.45, 7) is 6.88. The second-order valence-electron chi connectivity index (χ2n) is 9.71. The fourth-order valence-electron chi connectivity index (χ4n) is 5.38. The van der Waals surface area contributed by atoms with Gasteiger partial charge in [-0.05, 0) is 78.1 Å². The first-order valence-corrected chi connectivity index (χ1v) is 9.46. The average Bonchev–Trinajstić information content (AvgIpc) is 2.41. The number of nitrogens with one attached hydrogen (secondary N) is 2. The lowest BCUT2D eigenvalue weighted by atomic mass is 9.48. The van der Waals surface area contributed by atoms with Crippen LogP contribution in [0.15, 0.2) is 0 Å². The minimum absolute atomic E-state index is 0.357. The lowest BCUT2D eigenvalue weighted by Gasteiger charge is -2.58. The SMILES string of the molecule is C[C@H](OC(=O)C12C[C@@H]3C[C@H](CC(O)(C3)C1)C2)C(=O)NC(=O)NC(C)(C)C. The molecule has 0 spiro atoms. The lowest BCUT2D eigenvalue weighted by molar-refractivity contribution is -0.199. The molecule has 4 fully saturated rings. The number of urea groups is 1. The van der Waals surface area contributed by atoms with E-state index < -0.39 is 40.6 Å². The molecule has 146 valence electrons. The third-order valence-electron chi connectivity index (χ3n) is 5.84. The van der Waals surface area contributed by atoms with Gasteiger partial charge in [0.15, 0.2) is 6.10 Å². The summed E-state index contributed by atoms with van der Waals surface area (Å²) in [7, 11) is 0. The number of carbonyl (C=O) groups is 3. The van der Waals surface area contributed by atoms with Gasteiger partial charge >= 0.3 is 12.0 Å². The van der Waals surface area contributed by atoms with Crippen LogP contribution in [0.2, 0.25) is 0 Å². The number of aliphatic hydroxyl groups is 1. The molecule has 7 nitrogen and oxygen atoms in total. The zero-order chi connectivity index (χ0) is 19.3. The highest BCUT2D eigenvalue weighted by Gasteiger charge is 2.61. The first-order chi connectivity index (χ1) is 11.9. The van der Waals surface area contributed by atoms with Gasteiger partial charge in [-0.15, -0.1) is 0 Å². The summed E-state index contributed by atoms with van der Waals surface area (Å²) in [5.74, 6) is -0.349. The Bertz CT molecular complexity index is 610. The monoisotopic (exact) mass is 366 g/mol. The zero-order valence-electron chi connectivity index (χ0n) is 16.1. The topological polar surface area (TPSA) is 105 Å². The van der Waals surface area contributed by atoms with Gasteiger partial charge < -0.3 is 15.2 Å². The van der Waals surface area contributed by atoms with Gasteiger partial charge in [-0.1, -0.05) is 0 Å². The Kier molecular flexibility index (Phi) is 4.58. The number of hydrogen-bond donors (Lipinski definition) is 3. The van der Waals surface area contributed by atoms with E-state index in [1.165, 1.54) is 6.92 Å². The summed E-state index contributed by atoms with van der Waals surface area (Å²) in [6, 6.07) is -0.616. The number of ether oxygens (including phenoxy) is 1. The summed E-state index contributed by atoms with van der Waals surface area (Å²) < 4.78 is 5.43. The lowest BCUT2D eigenvalue weighted by Crippen LogP contribution is -2.59. The summed E-state index contributed by atoms with van der Waals surface area (Å²) in [4.78, 5) is 36.8. The fourth-order valence-corrected chi connectivity index (χ4v) is 5.38. The zero-order valence-corrected chi connectivity index (χ0v) is 16.1. The number of imide groups is 1. The number of esters is 1. The first-order valence-electron chi connectivity index (χ1n) is 9.46. The molecule has 0 aromatic carbocycles. The standard InChI is InChI=1S/C19H30N2O5/c1-11(14(22)20-16(24)21-17(2,3)4)26-15(23)18-6-12-5-13(7-18)9-19(25,8-12)10-18/h11-13,25H,5-10H2,1-4H3,(H2,20,21,22,24)/t11-,12-,13-,18?,19?/m0/s1. The summed E-state index contributed by atoms with van der Waals surface area (Å²) in [6.07, 6.45) is 3.41. The van der Waals surface area contributed by atoms with Crippen molar-refractivity contribution in [3.05, 3.63) is 0 Å². The minimum Gasteiger partial charge on any atom is -0.452 e. The van der Waals surface area contributed by atoms with E-state index in [2.05, 4.69) is 10.6 Å². The molecule has 0 aliphatic heterocycles. The Morgan fingerprint density at radius 2 is 1.69 bits per heavy atom. The van der Waals surface area contributed by atoms with Gasteiger partial charge in [0.05, 0.1) is 11.0 Å². The minimum atomic E-state index is -1.06. The van der Waals surface area contributed by atoms with Crippen LogP contribution in [0, 0.1) is 17.3 Å². The molecule has 26 heavy (non-hydrogen) atoms. The van der Waals surface area contributed by atoms with Crippen molar-refractivity contribution >= 4 is 17.9 Å². The van der Waals surface area contributed by atoms with Gasteiger partial charge in [0.1, 0.15) is 0 Å². The molecule has 4 rings (SSSR count). The van der Waals surface area contributed by atoms with Crippen LogP contribution in [-0.4, -0.2) is 40.3 Å². The average molecular weight is 366 g/mol. The van der Waals surface area contributed by atoms with Crippen LogP contribution in [0.1, 0.15) is 66.2 Å². The van der Waals surface area contributed by atoms with Crippen LogP contribution in [0.3, 0.4) is 0 Å². The molecule has 3 atom stereocenters. The molecule has 3 amide bonds. The molecule has 0 aromatic rings. The second kappa shape index (κ2) is 6.22. The molecule has 0 heterocycles. The van der Waals surface area contributed by atoms with Crippen molar-refractivity contribution in [1.29, 1.82) is 0 Å². The summed E-state index contributed by atoms with van der Waals surface area (Å²) in [5, 5.41) is 15.6. The van der Waals surface area contributed by atoms with Crippen LogP contribution in [0.5, 0.6) is 0 Å². The van der Waals surface area contributed by atoms with Crippen molar-refractivity contribution in [2.45, 2.75) is 83.5 Å². The maximum absolute atomic E-state index is 12.9.